The Labute approximate surface area is 125 Å². The third kappa shape index (κ3) is 4.08. The fraction of sp³-hybridized carbons (Fsp3) is 0.500. The topological polar surface area (TPSA) is 116 Å². The van der Waals surface area contributed by atoms with E-state index in [-0.39, 0.29) is 17.1 Å². The number of hydrogen-bond acceptors (Lipinski definition) is 6. The second-order valence-electron chi connectivity index (χ2n) is 5.26. The van der Waals surface area contributed by atoms with Gasteiger partial charge in [-0.25, -0.2) is 21.6 Å². The SMILES string of the molecule is COc1ccc(S(=O)(=O)NCC(C)(C)S(C)(=O)=O)cc1N. The Kier molecular flexibility index (Phi) is 4.91. The molecule has 0 fully saturated rings. The van der Waals surface area contributed by atoms with Crippen LogP contribution in [0.2, 0.25) is 0 Å². The van der Waals surface area contributed by atoms with E-state index in [2.05, 4.69) is 4.72 Å². The van der Waals surface area contributed by atoms with Gasteiger partial charge in [0.25, 0.3) is 0 Å². The summed E-state index contributed by atoms with van der Waals surface area (Å²) in [7, 11) is -5.83. The molecule has 0 radical (unpaired) electrons. The Morgan fingerprint density at radius 3 is 2.24 bits per heavy atom. The predicted octanol–water partition coefficient (Wildman–Crippen LogP) is 0.379. The van der Waals surface area contributed by atoms with Gasteiger partial charge < -0.3 is 10.5 Å². The number of nitrogens with one attached hydrogen (secondary N) is 1. The molecule has 0 saturated carbocycles. The van der Waals surface area contributed by atoms with Crippen LogP contribution in [0.1, 0.15) is 13.8 Å². The van der Waals surface area contributed by atoms with Gasteiger partial charge in [0.15, 0.2) is 9.84 Å². The van der Waals surface area contributed by atoms with Gasteiger partial charge in [0, 0.05) is 12.8 Å². The number of nitrogen functional groups attached to an aromatic ring is 1. The number of benzene rings is 1. The van der Waals surface area contributed by atoms with Crippen molar-refractivity contribution < 1.29 is 21.6 Å². The lowest BCUT2D eigenvalue weighted by molar-refractivity contribution is 0.416. The summed E-state index contributed by atoms with van der Waals surface area (Å²) < 4.78 is 53.5. The van der Waals surface area contributed by atoms with Crippen LogP contribution in [-0.2, 0) is 19.9 Å². The average molecular weight is 336 g/mol. The maximum Gasteiger partial charge on any atom is 0.240 e. The monoisotopic (exact) mass is 336 g/mol. The lowest BCUT2D eigenvalue weighted by atomic mass is 10.2. The first kappa shape index (κ1) is 17.7. The fourth-order valence-electron chi connectivity index (χ4n) is 1.36. The minimum Gasteiger partial charge on any atom is -0.495 e. The van der Waals surface area contributed by atoms with Gasteiger partial charge in [-0.15, -0.1) is 0 Å². The van der Waals surface area contributed by atoms with Crippen molar-refractivity contribution in [2.45, 2.75) is 23.5 Å². The van der Waals surface area contributed by atoms with E-state index >= 15 is 0 Å². The molecule has 120 valence electrons. The van der Waals surface area contributed by atoms with Crippen molar-refractivity contribution in [1.29, 1.82) is 0 Å². The minimum absolute atomic E-state index is 0.0508. The Morgan fingerprint density at radius 2 is 1.81 bits per heavy atom. The van der Waals surface area contributed by atoms with E-state index in [0.29, 0.717) is 5.75 Å². The lowest BCUT2D eigenvalue weighted by Crippen LogP contribution is -2.43. The maximum atomic E-state index is 12.2. The van der Waals surface area contributed by atoms with E-state index in [9.17, 15) is 16.8 Å². The molecule has 0 amide bonds. The maximum absolute atomic E-state index is 12.2. The van der Waals surface area contributed by atoms with Crippen LogP contribution in [0, 0.1) is 0 Å². The summed E-state index contributed by atoms with van der Waals surface area (Å²) in [4.78, 5) is -0.0508. The molecule has 21 heavy (non-hydrogen) atoms. The zero-order chi connectivity index (χ0) is 16.5. The standard InChI is InChI=1S/C12H20N2O5S2/c1-12(2,20(4,15)16)8-14-21(17,18)9-5-6-11(19-3)10(13)7-9/h5-7,14H,8,13H2,1-4H3. The van der Waals surface area contributed by atoms with Gasteiger partial charge in [-0.3, -0.25) is 0 Å². The predicted molar refractivity (Wildman–Crippen MR) is 81.5 cm³/mol. The fourth-order valence-corrected chi connectivity index (χ4v) is 3.04. The molecule has 0 spiro atoms. The molecule has 0 heterocycles. The second-order valence-corrected chi connectivity index (χ2v) is 9.68. The normalized spacial score (nSPS) is 13.1. The third-order valence-corrected chi connectivity index (χ3v) is 6.75. The zero-order valence-electron chi connectivity index (χ0n) is 12.4. The molecule has 1 rings (SSSR count). The van der Waals surface area contributed by atoms with E-state index < -0.39 is 24.6 Å². The van der Waals surface area contributed by atoms with Crippen molar-refractivity contribution in [1.82, 2.24) is 4.72 Å². The number of sulfonamides is 1. The molecule has 0 bridgehead atoms. The van der Waals surface area contributed by atoms with Crippen LogP contribution in [0.15, 0.2) is 23.1 Å². The van der Waals surface area contributed by atoms with E-state index in [1.165, 1.54) is 39.2 Å². The number of anilines is 1. The smallest absolute Gasteiger partial charge is 0.240 e. The van der Waals surface area contributed by atoms with Crippen molar-refractivity contribution in [3.05, 3.63) is 18.2 Å². The largest absolute Gasteiger partial charge is 0.495 e. The molecule has 1 aromatic rings. The van der Waals surface area contributed by atoms with Gasteiger partial charge >= 0.3 is 0 Å². The van der Waals surface area contributed by atoms with E-state index in [1.54, 1.807) is 0 Å². The molecule has 1 aromatic carbocycles. The summed E-state index contributed by atoms with van der Waals surface area (Å²) in [5.41, 5.74) is 5.85. The van der Waals surface area contributed by atoms with Gasteiger partial charge in [0.1, 0.15) is 5.75 Å². The minimum atomic E-state index is -3.85. The average Bonchev–Trinajstić information content (AvgIpc) is 2.35. The lowest BCUT2D eigenvalue weighted by Gasteiger charge is -2.22. The molecular weight excluding hydrogens is 316 g/mol. The summed E-state index contributed by atoms with van der Waals surface area (Å²) in [5.74, 6) is 0.366. The van der Waals surface area contributed by atoms with Crippen LogP contribution in [-0.4, -0.2) is 41.5 Å². The number of methoxy groups -OCH3 is 1. The highest BCUT2D eigenvalue weighted by Crippen LogP contribution is 2.24. The number of rotatable bonds is 6. The number of hydrogen-bond donors (Lipinski definition) is 2. The number of ether oxygens (including phenoxy) is 1. The Balaban J connectivity index is 3.01. The van der Waals surface area contributed by atoms with Crippen LogP contribution in [0.5, 0.6) is 5.75 Å². The summed E-state index contributed by atoms with van der Waals surface area (Å²) in [6, 6.07) is 4.03. The quantitative estimate of drug-likeness (QED) is 0.726. The van der Waals surface area contributed by atoms with Crippen LogP contribution < -0.4 is 15.2 Å². The molecule has 0 atom stereocenters. The highest BCUT2D eigenvalue weighted by Gasteiger charge is 2.32. The van der Waals surface area contributed by atoms with Crippen molar-refractivity contribution in [2.75, 3.05) is 25.6 Å². The Bertz CT molecular complexity index is 724. The zero-order valence-corrected chi connectivity index (χ0v) is 14.0. The highest BCUT2D eigenvalue weighted by atomic mass is 32.2. The molecule has 3 N–H and O–H groups in total. The summed E-state index contributed by atoms with van der Waals surface area (Å²) in [6.07, 6.45) is 1.06. The van der Waals surface area contributed by atoms with Crippen LogP contribution >= 0.6 is 0 Å². The van der Waals surface area contributed by atoms with Crippen molar-refractivity contribution in [2.24, 2.45) is 0 Å². The number of sulfone groups is 1. The van der Waals surface area contributed by atoms with Crippen LogP contribution in [0.3, 0.4) is 0 Å². The van der Waals surface area contributed by atoms with Crippen molar-refractivity contribution in [3.8, 4) is 5.75 Å². The molecule has 0 aliphatic rings. The van der Waals surface area contributed by atoms with Crippen LogP contribution in [0.4, 0.5) is 5.69 Å². The molecule has 0 saturated heterocycles. The second kappa shape index (κ2) is 5.82. The molecule has 0 unspecified atom stereocenters. The molecule has 0 aliphatic carbocycles. The van der Waals surface area contributed by atoms with Gasteiger partial charge in [0.05, 0.1) is 22.4 Å². The molecule has 7 nitrogen and oxygen atoms in total. The van der Waals surface area contributed by atoms with E-state index in [4.69, 9.17) is 10.5 Å². The van der Waals surface area contributed by atoms with Gasteiger partial charge in [-0.05, 0) is 32.0 Å². The molecule has 9 heteroatoms. The van der Waals surface area contributed by atoms with Crippen molar-refractivity contribution >= 4 is 25.5 Å². The first-order valence-electron chi connectivity index (χ1n) is 6.03. The molecule has 0 aromatic heterocycles. The molecule has 0 aliphatic heterocycles. The summed E-state index contributed by atoms with van der Waals surface area (Å²) >= 11 is 0. The third-order valence-electron chi connectivity index (χ3n) is 3.20. The van der Waals surface area contributed by atoms with Gasteiger partial charge in [-0.1, -0.05) is 0 Å². The molecular formula is C12H20N2O5S2. The Morgan fingerprint density at radius 1 is 1.24 bits per heavy atom. The summed E-state index contributed by atoms with van der Waals surface area (Å²) in [6.45, 7) is 2.67. The highest BCUT2D eigenvalue weighted by molar-refractivity contribution is 7.92. The van der Waals surface area contributed by atoms with E-state index in [1.807, 2.05) is 0 Å². The van der Waals surface area contributed by atoms with Crippen molar-refractivity contribution in [3.63, 3.8) is 0 Å². The first-order valence-corrected chi connectivity index (χ1v) is 9.41. The van der Waals surface area contributed by atoms with E-state index in [0.717, 1.165) is 6.26 Å². The Hall–Kier alpha value is -1.32. The number of nitrogens with two attached hydrogens (primary N) is 1. The van der Waals surface area contributed by atoms with Crippen LogP contribution in [0.25, 0.3) is 0 Å². The summed E-state index contributed by atoms with van der Waals surface area (Å²) in [5, 5.41) is 0. The first-order chi connectivity index (χ1) is 9.40. The van der Waals surface area contributed by atoms with Gasteiger partial charge in [0.2, 0.25) is 10.0 Å². The van der Waals surface area contributed by atoms with Gasteiger partial charge in [-0.2, -0.15) is 0 Å².